The largest absolute Gasteiger partial charge is 0.373 e. The maximum Gasteiger partial charge on any atom is 0.317 e. The van der Waals surface area contributed by atoms with E-state index in [1.807, 2.05) is 18.1 Å². The number of likely N-dealkylation sites (tertiary alicyclic amines) is 1. The molecule has 3 rings (SSSR count). The fourth-order valence-electron chi connectivity index (χ4n) is 3.96. The predicted octanol–water partition coefficient (Wildman–Crippen LogP) is 0.446. The van der Waals surface area contributed by atoms with Gasteiger partial charge in [-0.2, -0.15) is 5.10 Å². The van der Waals surface area contributed by atoms with Gasteiger partial charge < -0.3 is 24.8 Å². The Kier molecular flexibility index (Phi) is 6.90. The number of amides is 3. The molecule has 0 aromatic carbocycles. The first-order valence-corrected chi connectivity index (χ1v) is 10.0. The molecule has 1 aromatic heterocycles. The van der Waals surface area contributed by atoms with E-state index < -0.39 is 0 Å². The third-order valence-electron chi connectivity index (χ3n) is 5.42. The second-order valence-corrected chi connectivity index (χ2v) is 7.80. The smallest absolute Gasteiger partial charge is 0.317 e. The highest BCUT2D eigenvalue weighted by Crippen LogP contribution is 2.30. The zero-order valence-electron chi connectivity index (χ0n) is 17.1. The van der Waals surface area contributed by atoms with Gasteiger partial charge in [0.05, 0.1) is 31.5 Å². The fourth-order valence-corrected chi connectivity index (χ4v) is 3.96. The van der Waals surface area contributed by atoms with Crippen molar-refractivity contribution in [3.63, 3.8) is 0 Å². The number of hydrogen-bond donors (Lipinski definition) is 1. The number of nitrogens with zero attached hydrogens (tertiary/aromatic N) is 5. The Bertz CT molecular complexity index is 670. The van der Waals surface area contributed by atoms with E-state index >= 15 is 0 Å². The van der Waals surface area contributed by atoms with E-state index in [2.05, 4.69) is 15.3 Å². The van der Waals surface area contributed by atoms with Gasteiger partial charge in [-0.3, -0.25) is 9.48 Å². The Hall–Kier alpha value is -2.13. The minimum absolute atomic E-state index is 0.0236. The lowest BCUT2D eigenvalue weighted by molar-refractivity contribution is -0.147. The van der Waals surface area contributed by atoms with Crippen LogP contribution in [0.1, 0.15) is 30.9 Å². The maximum absolute atomic E-state index is 12.9. The number of nitrogens with one attached hydrogen (secondary N) is 1. The number of aryl methyl sites for hydroxylation is 1. The molecule has 2 saturated heterocycles. The molecule has 9 nitrogen and oxygen atoms in total. The molecular weight excluding hydrogens is 360 g/mol. The molecule has 1 N–H and O–H groups in total. The average molecular weight is 393 g/mol. The third kappa shape index (κ3) is 5.02. The molecule has 3 amide bonds. The van der Waals surface area contributed by atoms with E-state index in [9.17, 15) is 9.59 Å². The Morgan fingerprint density at radius 3 is 2.64 bits per heavy atom. The van der Waals surface area contributed by atoms with Crippen molar-refractivity contribution in [3.8, 4) is 0 Å². The summed E-state index contributed by atoms with van der Waals surface area (Å²) in [7, 11) is 5.18. The first-order valence-electron chi connectivity index (χ1n) is 10.0. The van der Waals surface area contributed by atoms with Crippen molar-refractivity contribution < 1.29 is 14.3 Å². The fraction of sp³-hybridized carbons (Fsp3) is 0.737. The second kappa shape index (κ2) is 9.38. The summed E-state index contributed by atoms with van der Waals surface area (Å²) in [4.78, 5) is 30.5. The van der Waals surface area contributed by atoms with Gasteiger partial charge in [0.25, 0.3) is 0 Å². The SMILES string of the molecule is CN(C)C(=O)NCC(=O)N1CCO[C@@H](CN2CCCCC2)[C@@H]1c1cnn(C)c1. The number of carbonyl (C=O) groups is 2. The quantitative estimate of drug-likeness (QED) is 0.787. The van der Waals surface area contributed by atoms with Gasteiger partial charge >= 0.3 is 6.03 Å². The number of rotatable bonds is 5. The summed E-state index contributed by atoms with van der Waals surface area (Å²) in [5.41, 5.74) is 0.969. The standard InChI is InChI=1S/C19H32N6O3/c1-22(2)19(27)20-12-17(26)25-9-10-28-16(14-24-7-5-4-6-8-24)18(25)15-11-21-23(3)13-15/h11,13,16,18H,4-10,12,14H2,1-3H3,(H,20,27)/t16-,18-/m0/s1. The number of urea groups is 1. The van der Waals surface area contributed by atoms with Crippen LogP contribution in [0, 0.1) is 0 Å². The van der Waals surface area contributed by atoms with E-state index in [1.165, 1.54) is 24.2 Å². The highest BCUT2D eigenvalue weighted by Gasteiger charge is 2.38. The van der Waals surface area contributed by atoms with Gasteiger partial charge in [0, 0.05) is 46.0 Å². The van der Waals surface area contributed by atoms with Crippen molar-refractivity contribution in [1.29, 1.82) is 0 Å². The summed E-state index contributed by atoms with van der Waals surface area (Å²) in [5, 5.41) is 6.97. The van der Waals surface area contributed by atoms with Gasteiger partial charge in [-0.15, -0.1) is 0 Å². The summed E-state index contributed by atoms with van der Waals surface area (Å²) in [6.45, 7) is 3.94. The Morgan fingerprint density at radius 2 is 2.00 bits per heavy atom. The third-order valence-corrected chi connectivity index (χ3v) is 5.42. The lowest BCUT2D eigenvalue weighted by Crippen LogP contribution is -2.54. The highest BCUT2D eigenvalue weighted by atomic mass is 16.5. The van der Waals surface area contributed by atoms with Crippen LogP contribution >= 0.6 is 0 Å². The normalized spacial score (nSPS) is 23.5. The maximum atomic E-state index is 12.9. The summed E-state index contributed by atoms with van der Waals surface area (Å²) in [6.07, 6.45) is 7.35. The molecule has 0 radical (unpaired) electrons. The minimum atomic E-state index is -0.274. The van der Waals surface area contributed by atoms with Gasteiger partial charge in [-0.05, 0) is 25.9 Å². The van der Waals surface area contributed by atoms with Crippen LogP contribution in [0.2, 0.25) is 0 Å². The molecule has 2 fully saturated rings. The van der Waals surface area contributed by atoms with Gasteiger partial charge in [0.1, 0.15) is 0 Å². The van der Waals surface area contributed by atoms with Crippen LogP contribution < -0.4 is 5.32 Å². The summed E-state index contributed by atoms with van der Waals surface area (Å²) in [5.74, 6) is -0.101. The molecule has 2 atom stereocenters. The first-order chi connectivity index (χ1) is 13.5. The molecule has 0 aliphatic carbocycles. The number of piperidine rings is 1. The zero-order valence-corrected chi connectivity index (χ0v) is 17.1. The number of aromatic nitrogens is 2. The van der Waals surface area contributed by atoms with Crippen molar-refractivity contribution in [1.82, 2.24) is 29.8 Å². The molecule has 0 unspecified atom stereocenters. The van der Waals surface area contributed by atoms with Gasteiger partial charge in [0.15, 0.2) is 0 Å². The second-order valence-electron chi connectivity index (χ2n) is 7.80. The first kappa shape index (κ1) is 20.6. The van der Waals surface area contributed by atoms with E-state index in [0.717, 1.165) is 25.2 Å². The van der Waals surface area contributed by atoms with E-state index in [-0.39, 0.29) is 30.6 Å². The molecule has 28 heavy (non-hydrogen) atoms. The van der Waals surface area contributed by atoms with Crippen LogP contribution in [0.4, 0.5) is 4.79 Å². The van der Waals surface area contributed by atoms with Crippen LogP contribution in [0.5, 0.6) is 0 Å². The van der Waals surface area contributed by atoms with Gasteiger partial charge in [0.2, 0.25) is 5.91 Å². The summed E-state index contributed by atoms with van der Waals surface area (Å²) < 4.78 is 7.88. The van der Waals surface area contributed by atoms with Crippen LogP contribution in [0.15, 0.2) is 12.4 Å². The Balaban J connectivity index is 1.74. The van der Waals surface area contributed by atoms with Crippen molar-refractivity contribution in [2.45, 2.75) is 31.4 Å². The minimum Gasteiger partial charge on any atom is -0.373 e. The highest BCUT2D eigenvalue weighted by molar-refractivity contribution is 5.84. The van der Waals surface area contributed by atoms with Crippen molar-refractivity contribution in [2.75, 3.05) is 53.4 Å². The average Bonchev–Trinajstić information content (AvgIpc) is 3.12. The molecule has 2 aliphatic heterocycles. The molecule has 156 valence electrons. The summed E-state index contributed by atoms with van der Waals surface area (Å²) in [6, 6.07) is -0.475. The topological polar surface area (TPSA) is 82.9 Å². The van der Waals surface area contributed by atoms with E-state index in [0.29, 0.717) is 13.2 Å². The monoisotopic (exact) mass is 392 g/mol. The molecule has 0 spiro atoms. The van der Waals surface area contributed by atoms with Gasteiger partial charge in [-0.1, -0.05) is 6.42 Å². The summed E-state index contributed by atoms with van der Waals surface area (Å²) >= 11 is 0. The number of carbonyl (C=O) groups excluding carboxylic acids is 2. The lowest BCUT2D eigenvalue weighted by Gasteiger charge is -2.43. The molecule has 2 aliphatic rings. The van der Waals surface area contributed by atoms with Crippen LogP contribution in [0.25, 0.3) is 0 Å². The van der Waals surface area contributed by atoms with Crippen LogP contribution in [-0.2, 0) is 16.6 Å². The number of morpholine rings is 1. The number of hydrogen-bond acceptors (Lipinski definition) is 5. The van der Waals surface area contributed by atoms with E-state index in [1.54, 1.807) is 25.0 Å². The molecule has 9 heteroatoms. The lowest BCUT2D eigenvalue weighted by atomic mass is 9.99. The molecule has 1 aromatic rings. The van der Waals surface area contributed by atoms with Gasteiger partial charge in [-0.25, -0.2) is 4.79 Å². The van der Waals surface area contributed by atoms with Crippen molar-refractivity contribution >= 4 is 11.9 Å². The molecular formula is C19H32N6O3. The Labute approximate surface area is 166 Å². The van der Waals surface area contributed by atoms with E-state index in [4.69, 9.17) is 4.74 Å². The van der Waals surface area contributed by atoms with Crippen molar-refractivity contribution in [3.05, 3.63) is 18.0 Å². The molecule has 3 heterocycles. The molecule has 0 saturated carbocycles. The van der Waals surface area contributed by atoms with Crippen LogP contribution in [-0.4, -0.2) is 95.9 Å². The van der Waals surface area contributed by atoms with Crippen molar-refractivity contribution in [2.24, 2.45) is 7.05 Å². The predicted molar refractivity (Wildman–Crippen MR) is 105 cm³/mol. The number of ether oxygens (including phenoxy) is 1. The molecule has 0 bridgehead atoms. The Morgan fingerprint density at radius 1 is 1.25 bits per heavy atom. The zero-order chi connectivity index (χ0) is 20.1. The van der Waals surface area contributed by atoms with Crippen LogP contribution in [0.3, 0.4) is 0 Å².